The molecule has 0 aliphatic rings. The molecule has 3 nitrogen and oxygen atoms in total. The minimum atomic E-state index is 0.736. The Morgan fingerprint density at radius 1 is 1.30 bits per heavy atom. The predicted molar refractivity (Wildman–Crippen MR) is 87.5 cm³/mol. The molecular formula is C16H23N3S. The van der Waals surface area contributed by atoms with E-state index in [1.807, 2.05) is 28.7 Å². The second-order valence-electron chi connectivity index (χ2n) is 5.19. The van der Waals surface area contributed by atoms with Gasteiger partial charge < -0.3 is 4.90 Å². The van der Waals surface area contributed by atoms with Crippen molar-refractivity contribution in [1.29, 1.82) is 0 Å². The first-order valence-corrected chi connectivity index (χ1v) is 8.28. The third-order valence-corrected chi connectivity index (χ3v) is 4.52. The quantitative estimate of drug-likeness (QED) is 0.779. The third kappa shape index (κ3) is 4.39. The molecule has 2 rings (SSSR count). The highest BCUT2D eigenvalue weighted by Crippen LogP contribution is 2.13. The molecule has 0 aliphatic carbocycles. The lowest BCUT2D eigenvalue weighted by atomic mass is 10.2. The Bertz CT molecular complexity index is 493. The molecule has 0 fully saturated rings. The van der Waals surface area contributed by atoms with Gasteiger partial charge in [-0.2, -0.15) is 16.9 Å². The normalized spacial score (nSPS) is 12.8. The standard InChI is InChI=1S/C16H23N3S/c1-14(20-3)9-12-18(2)13-15-5-7-16(8-6-15)19-11-4-10-17-19/h4-8,10-11,14H,9,12-13H2,1-3H3/t14-/m1/s1. The van der Waals surface area contributed by atoms with Gasteiger partial charge in [-0.25, -0.2) is 4.68 Å². The van der Waals surface area contributed by atoms with Gasteiger partial charge in [0.15, 0.2) is 0 Å². The van der Waals surface area contributed by atoms with Crippen molar-refractivity contribution in [3.8, 4) is 5.69 Å². The van der Waals surface area contributed by atoms with Crippen LogP contribution in [0, 0.1) is 0 Å². The second-order valence-corrected chi connectivity index (χ2v) is 6.47. The zero-order valence-corrected chi connectivity index (χ0v) is 13.3. The Kier molecular flexibility index (Phi) is 5.68. The van der Waals surface area contributed by atoms with Crippen LogP contribution < -0.4 is 0 Å². The molecule has 1 atom stereocenters. The lowest BCUT2D eigenvalue weighted by molar-refractivity contribution is 0.322. The average Bonchev–Trinajstić information content (AvgIpc) is 2.99. The van der Waals surface area contributed by atoms with Gasteiger partial charge in [-0.05, 0) is 50.0 Å². The minimum absolute atomic E-state index is 0.736. The molecule has 108 valence electrons. The Balaban J connectivity index is 1.87. The molecule has 0 amide bonds. The van der Waals surface area contributed by atoms with Crippen molar-refractivity contribution >= 4 is 11.8 Å². The van der Waals surface area contributed by atoms with E-state index in [9.17, 15) is 0 Å². The summed E-state index contributed by atoms with van der Waals surface area (Å²) in [5, 5.41) is 4.98. The molecule has 0 saturated carbocycles. The van der Waals surface area contributed by atoms with Gasteiger partial charge in [0.1, 0.15) is 0 Å². The molecule has 20 heavy (non-hydrogen) atoms. The maximum absolute atomic E-state index is 4.24. The molecular weight excluding hydrogens is 266 g/mol. The number of thioether (sulfide) groups is 1. The second kappa shape index (κ2) is 7.50. The summed E-state index contributed by atoms with van der Waals surface area (Å²) >= 11 is 1.94. The summed E-state index contributed by atoms with van der Waals surface area (Å²) in [6, 6.07) is 10.6. The molecule has 0 radical (unpaired) electrons. The zero-order valence-electron chi connectivity index (χ0n) is 12.5. The topological polar surface area (TPSA) is 21.1 Å². The molecule has 4 heteroatoms. The highest BCUT2D eigenvalue weighted by atomic mass is 32.2. The van der Waals surface area contributed by atoms with Crippen molar-refractivity contribution in [3.05, 3.63) is 48.3 Å². The molecule has 0 aliphatic heterocycles. The zero-order chi connectivity index (χ0) is 14.4. The first kappa shape index (κ1) is 15.1. The Labute approximate surface area is 126 Å². The number of hydrogen-bond acceptors (Lipinski definition) is 3. The average molecular weight is 289 g/mol. The van der Waals surface area contributed by atoms with Crippen LogP contribution in [0.1, 0.15) is 18.9 Å². The van der Waals surface area contributed by atoms with Gasteiger partial charge in [0, 0.05) is 24.2 Å². The summed E-state index contributed by atoms with van der Waals surface area (Å²) in [4.78, 5) is 2.38. The van der Waals surface area contributed by atoms with E-state index < -0.39 is 0 Å². The van der Waals surface area contributed by atoms with Crippen molar-refractivity contribution in [3.63, 3.8) is 0 Å². The van der Waals surface area contributed by atoms with E-state index in [1.165, 1.54) is 12.0 Å². The summed E-state index contributed by atoms with van der Waals surface area (Å²) in [6.45, 7) is 4.43. The van der Waals surface area contributed by atoms with Crippen molar-refractivity contribution in [2.75, 3.05) is 19.8 Å². The van der Waals surface area contributed by atoms with E-state index in [4.69, 9.17) is 0 Å². The molecule has 0 saturated heterocycles. The Morgan fingerprint density at radius 3 is 2.65 bits per heavy atom. The van der Waals surface area contributed by atoms with E-state index in [-0.39, 0.29) is 0 Å². The highest BCUT2D eigenvalue weighted by Gasteiger charge is 2.04. The van der Waals surface area contributed by atoms with Crippen LogP contribution in [0.3, 0.4) is 0 Å². The number of rotatable bonds is 7. The van der Waals surface area contributed by atoms with Crippen molar-refractivity contribution in [1.82, 2.24) is 14.7 Å². The SMILES string of the molecule is CS[C@H](C)CCN(C)Cc1ccc(-n2cccn2)cc1. The van der Waals surface area contributed by atoms with Crippen LogP contribution in [-0.4, -0.2) is 39.8 Å². The molecule has 1 aromatic heterocycles. The maximum atomic E-state index is 4.24. The van der Waals surface area contributed by atoms with Crippen molar-refractivity contribution in [2.24, 2.45) is 0 Å². The number of benzene rings is 1. The van der Waals surface area contributed by atoms with Crippen molar-refractivity contribution < 1.29 is 0 Å². The van der Waals surface area contributed by atoms with Gasteiger partial charge in [-0.1, -0.05) is 19.1 Å². The molecule has 0 spiro atoms. The van der Waals surface area contributed by atoms with Crippen LogP contribution in [0.25, 0.3) is 5.69 Å². The van der Waals surface area contributed by atoms with E-state index in [2.05, 4.69) is 54.5 Å². The van der Waals surface area contributed by atoms with Gasteiger partial charge in [0.25, 0.3) is 0 Å². The molecule has 1 heterocycles. The van der Waals surface area contributed by atoms with Crippen LogP contribution in [-0.2, 0) is 6.54 Å². The summed E-state index contributed by atoms with van der Waals surface area (Å²) in [5.41, 5.74) is 2.46. The molecule has 0 unspecified atom stereocenters. The highest BCUT2D eigenvalue weighted by molar-refractivity contribution is 7.99. The molecule has 1 aromatic carbocycles. The minimum Gasteiger partial charge on any atom is -0.302 e. The van der Waals surface area contributed by atoms with E-state index in [0.29, 0.717) is 0 Å². The van der Waals surface area contributed by atoms with Gasteiger partial charge >= 0.3 is 0 Å². The fourth-order valence-electron chi connectivity index (χ4n) is 2.09. The number of hydrogen-bond donors (Lipinski definition) is 0. The third-order valence-electron chi connectivity index (χ3n) is 3.48. The Morgan fingerprint density at radius 2 is 2.05 bits per heavy atom. The Hall–Kier alpha value is -1.26. The van der Waals surface area contributed by atoms with E-state index in [1.54, 1.807) is 6.20 Å². The summed E-state index contributed by atoms with van der Waals surface area (Å²) in [6.07, 6.45) is 7.18. The fraction of sp³-hybridized carbons (Fsp3) is 0.438. The summed E-state index contributed by atoms with van der Waals surface area (Å²) < 4.78 is 1.88. The van der Waals surface area contributed by atoms with Crippen LogP contribution in [0.4, 0.5) is 0 Å². The monoisotopic (exact) mass is 289 g/mol. The van der Waals surface area contributed by atoms with Crippen LogP contribution >= 0.6 is 11.8 Å². The predicted octanol–water partition coefficient (Wildman–Crippen LogP) is 3.45. The van der Waals surface area contributed by atoms with Gasteiger partial charge in [-0.15, -0.1) is 0 Å². The summed E-state index contributed by atoms with van der Waals surface area (Å²) in [7, 11) is 2.19. The smallest absolute Gasteiger partial charge is 0.0645 e. The van der Waals surface area contributed by atoms with E-state index >= 15 is 0 Å². The largest absolute Gasteiger partial charge is 0.302 e. The van der Waals surface area contributed by atoms with Gasteiger partial charge in [-0.3, -0.25) is 0 Å². The maximum Gasteiger partial charge on any atom is 0.0645 e. The first-order valence-electron chi connectivity index (χ1n) is 6.99. The molecule has 2 aromatic rings. The lowest BCUT2D eigenvalue weighted by Crippen LogP contribution is -2.21. The van der Waals surface area contributed by atoms with Crippen LogP contribution in [0.15, 0.2) is 42.7 Å². The first-order chi connectivity index (χ1) is 9.69. The molecule has 0 bridgehead atoms. The number of aromatic nitrogens is 2. The van der Waals surface area contributed by atoms with Gasteiger partial charge in [0.2, 0.25) is 0 Å². The van der Waals surface area contributed by atoms with E-state index in [0.717, 1.165) is 24.0 Å². The fourth-order valence-corrected chi connectivity index (χ4v) is 2.43. The van der Waals surface area contributed by atoms with Crippen LogP contribution in [0.2, 0.25) is 0 Å². The summed E-state index contributed by atoms with van der Waals surface area (Å²) in [5.74, 6) is 0. The lowest BCUT2D eigenvalue weighted by Gasteiger charge is -2.18. The van der Waals surface area contributed by atoms with Gasteiger partial charge in [0.05, 0.1) is 5.69 Å². The van der Waals surface area contributed by atoms with Crippen molar-refractivity contribution in [2.45, 2.75) is 25.1 Å². The molecule has 0 N–H and O–H groups in total. The number of nitrogens with zero attached hydrogens (tertiary/aromatic N) is 3. The van der Waals surface area contributed by atoms with Crippen LogP contribution in [0.5, 0.6) is 0 Å².